The van der Waals surface area contributed by atoms with Gasteiger partial charge in [-0.15, -0.1) is 0 Å². The fourth-order valence-electron chi connectivity index (χ4n) is 1.07. The summed E-state index contributed by atoms with van der Waals surface area (Å²) in [5, 5.41) is 0. The van der Waals surface area contributed by atoms with E-state index in [9.17, 15) is 0 Å². The summed E-state index contributed by atoms with van der Waals surface area (Å²) >= 11 is 1.59. The molecule has 1 rings (SSSR count). The van der Waals surface area contributed by atoms with Crippen LogP contribution in [0.1, 0.15) is 12.5 Å². The normalized spacial score (nSPS) is 11.8. The minimum Gasteiger partial charge on any atom is -0.326 e. The second-order valence-corrected chi connectivity index (χ2v) is 4.25. The second kappa shape index (κ2) is 6.96. The molecular formula is C14H17NS. The van der Waals surface area contributed by atoms with Crippen LogP contribution in [0.15, 0.2) is 65.7 Å². The van der Waals surface area contributed by atoms with E-state index in [2.05, 4.69) is 42.5 Å². The molecule has 0 atom stereocenters. The van der Waals surface area contributed by atoms with Crippen LogP contribution in [0.5, 0.6) is 0 Å². The molecule has 0 aliphatic rings. The van der Waals surface area contributed by atoms with Gasteiger partial charge in [0.15, 0.2) is 0 Å². The van der Waals surface area contributed by atoms with E-state index in [1.165, 1.54) is 10.5 Å². The zero-order valence-electron chi connectivity index (χ0n) is 9.73. The van der Waals surface area contributed by atoms with Crippen molar-refractivity contribution < 1.29 is 0 Å². The lowest BCUT2D eigenvalue weighted by Crippen LogP contribution is -1.99. The molecule has 0 aliphatic carbocycles. The van der Waals surface area contributed by atoms with Gasteiger partial charge in [0.25, 0.3) is 0 Å². The van der Waals surface area contributed by atoms with Crippen LogP contribution < -0.4 is 4.72 Å². The summed E-state index contributed by atoms with van der Waals surface area (Å²) in [6, 6.07) is 8.41. The fraction of sp³-hybridized carbons (Fsp3) is 0.143. The van der Waals surface area contributed by atoms with Gasteiger partial charge in [-0.2, -0.15) is 0 Å². The number of hydrogen-bond acceptors (Lipinski definition) is 2. The molecular weight excluding hydrogens is 214 g/mol. The first kappa shape index (κ1) is 12.7. The van der Waals surface area contributed by atoms with Crippen LogP contribution in [0.3, 0.4) is 0 Å². The summed E-state index contributed by atoms with van der Waals surface area (Å²) in [4.78, 5) is 1.19. The van der Waals surface area contributed by atoms with Crippen LogP contribution in [0, 0.1) is 6.92 Å². The van der Waals surface area contributed by atoms with Crippen molar-refractivity contribution in [2.24, 2.45) is 0 Å². The van der Waals surface area contributed by atoms with E-state index in [1.54, 1.807) is 18.0 Å². The minimum absolute atomic E-state index is 1.00. The Hall–Kier alpha value is -1.41. The average molecular weight is 231 g/mol. The molecule has 0 unspecified atom stereocenters. The molecule has 1 aromatic rings. The summed E-state index contributed by atoms with van der Waals surface area (Å²) in [5.41, 5.74) is 2.28. The molecule has 84 valence electrons. The van der Waals surface area contributed by atoms with Crippen LogP contribution in [-0.2, 0) is 0 Å². The first-order valence-electron chi connectivity index (χ1n) is 5.21. The summed E-state index contributed by atoms with van der Waals surface area (Å²) < 4.78 is 3.25. The van der Waals surface area contributed by atoms with Crippen LogP contribution >= 0.6 is 11.9 Å². The van der Waals surface area contributed by atoms with Crippen molar-refractivity contribution >= 4 is 11.9 Å². The van der Waals surface area contributed by atoms with E-state index >= 15 is 0 Å². The molecule has 0 aromatic heterocycles. The van der Waals surface area contributed by atoms with Gasteiger partial charge in [-0.3, -0.25) is 0 Å². The van der Waals surface area contributed by atoms with Gasteiger partial charge in [-0.25, -0.2) is 0 Å². The van der Waals surface area contributed by atoms with Gasteiger partial charge in [0, 0.05) is 10.6 Å². The second-order valence-electron chi connectivity index (χ2n) is 3.37. The Bertz CT molecular complexity index is 388. The molecule has 0 saturated carbocycles. The molecule has 1 N–H and O–H groups in total. The number of aryl methyl sites for hydroxylation is 1. The number of benzene rings is 1. The lowest BCUT2D eigenvalue weighted by Gasteiger charge is -2.05. The first-order chi connectivity index (χ1) is 7.76. The molecule has 0 fully saturated rings. The SMILES string of the molecule is C=C/C(=C\C=C/C)NSc1ccc(C)cc1. The average Bonchev–Trinajstić information content (AvgIpc) is 2.32. The van der Waals surface area contributed by atoms with Crippen molar-refractivity contribution in [3.05, 3.63) is 66.4 Å². The van der Waals surface area contributed by atoms with E-state index < -0.39 is 0 Å². The maximum absolute atomic E-state index is 3.76. The summed E-state index contributed by atoms with van der Waals surface area (Å²) in [6.45, 7) is 7.84. The lowest BCUT2D eigenvalue weighted by atomic mass is 10.2. The van der Waals surface area contributed by atoms with Crippen molar-refractivity contribution in [3.63, 3.8) is 0 Å². The quantitative estimate of drug-likeness (QED) is 0.601. The Morgan fingerprint density at radius 1 is 1.31 bits per heavy atom. The zero-order chi connectivity index (χ0) is 11.8. The van der Waals surface area contributed by atoms with Crippen LogP contribution in [0.4, 0.5) is 0 Å². The molecule has 0 aliphatic heterocycles. The van der Waals surface area contributed by atoms with Crippen LogP contribution in [0.2, 0.25) is 0 Å². The Kier molecular flexibility index (Phi) is 5.51. The highest BCUT2D eigenvalue weighted by molar-refractivity contribution is 7.97. The maximum atomic E-state index is 3.76. The summed E-state index contributed by atoms with van der Waals surface area (Å²) in [7, 11) is 0. The summed E-state index contributed by atoms with van der Waals surface area (Å²) in [6.07, 6.45) is 7.77. The van der Waals surface area contributed by atoms with Crippen molar-refractivity contribution in [2.45, 2.75) is 18.7 Å². The number of rotatable bonds is 5. The predicted molar refractivity (Wildman–Crippen MR) is 73.3 cm³/mol. The molecule has 1 aromatic carbocycles. The highest BCUT2D eigenvalue weighted by Gasteiger charge is 1.94. The molecule has 0 saturated heterocycles. The Morgan fingerprint density at radius 2 is 2.00 bits per heavy atom. The van der Waals surface area contributed by atoms with Crippen LogP contribution in [-0.4, -0.2) is 0 Å². The standard InChI is InChI=1S/C14H17NS/c1-4-6-7-13(5-2)15-16-14-10-8-12(3)9-11-14/h4-11,15H,2H2,1,3H3/b6-4-,13-7+. The molecule has 0 radical (unpaired) electrons. The molecule has 0 bridgehead atoms. The number of allylic oxidation sites excluding steroid dienone is 4. The molecule has 16 heavy (non-hydrogen) atoms. The van der Waals surface area contributed by atoms with Crippen LogP contribution in [0.25, 0.3) is 0 Å². The third-order valence-corrected chi connectivity index (χ3v) is 2.84. The Morgan fingerprint density at radius 3 is 2.56 bits per heavy atom. The maximum Gasteiger partial charge on any atom is 0.0437 e. The largest absolute Gasteiger partial charge is 0.326 e. The highest BCUT2D eigenvalue weighted by atomic mass is 32.2. The lowest BCUT2D eigenvalue weighted by molar-refractivity contribution is 1.26. The predicted octanol–water partition coefficient (Wildman–Crippen LogP) is 4.24. The van der Waals surface area contributed by atoms with Gasteiger partial charge in [0.2, 0.25) is 0 Å². The van der Waals surface area contributed by atoms with Crippen molar-refractivity contribution in [1.29, 1.82) is 0 Å². The monoisotopic (exact) mass is 231 g/mol. The molecule has 0 amide bonds. The van der Waals surface area contributed by atoms with E-state index in [-0.39, 0.29) is 0 Å². The van der Waals surface area contributed by atoms with Crippen molar-refractivity contribution in [1.82, 2.24) is 4.72 Å². The van der Waals surface area contributed by atoms with Crippen molar-refractivity contribution in [3.8, 4) is 0 Å². The molecule has 1 nitrogen and oxygen atoms in total. The highest BCUT2D eigenvalue weighted by Crippen LogP contribution is 2.16. The van der Waals surface area contributed by atoms with Gasteiger partial charge in [0.1, 0.15) is 0 Å². The smallest absolute Gasteiger partial charge is 0.0437 e. The van der Waals surface area contributed by atoms with E-state index in [0.29, 0.717) is 0 Å². The van der Waals surface area contributed by atoms with Gasteiger partial charge in [-0.1, -0.05) is 36.4 Å². The van der Waals surface area contributed by atoms with Gasteiger partial charge in [-0.05, 0) is 50.1 Å². The Balaban J connectivity index is 2.56. The zero-order valence-corrected chi connectivity index (χ0v) is 10.6. The van der Waals surface area contributed by atoms with Gasteiger partial charge in [0.05, 0.1) is 0 Å². The minimum atomic E-state index is 1.00. The first-order valence-corrected chi connectivity index (χ1v) is 6.03. The Labute approximate surface area is 102 Å². The fourth-order valence-corrected chi connectivity index (χ4v) is 1.73. The van der Waals surface area contributed by atoms with E-state index in [0.717, 1.165) is 5.70 Å². The third-order valence-electron chi connectivity index (χ3n) is 2.00. The molecule has 0 heterocycles. The summed E-state index contributed by atoms with van der Waals surface area (Å²) in [5.74, 6) is 0. The molecule has 2 heteroatoms. The van der Waals surface area contributed by atoms with Gasteiger partial charge < -0.3 is 4.72 Å². The number of nitrogens with one attached hydrogen (secondary N) is 1. The van der Waals surface area contributed by atoms with Gasteiger partial charge >= 0.3 is 0 Å². The number of hydrogen-bond donors (Lipinski definition) is 1. The third kappa shape index (κ3) is 4.41. The topological polar surface area (TPSA) is 12.0 Å². The van der Waals surface area contributed by atoms with E-state index in [4.69, 9.17) is 0 Å². The molecule has 0 spiro atoms. The van der Waals surface area contributed by atoms with Crippen molar-refractivity contribution in [2.75, 3.05) is 0 Å². The van der Waals surface area contributed by atoms with E-state index in [1.807, 2.05) is 25.2 Å².